The van der Waals surface area contributed by atoms with Crippen LogP contribution in [0.4, 0.5) is 8.78 Å². The van der Waals surface area contributed by atoms with Crippen LogP contribution >= 0.6 is 12.4 Å². The van der Waals surface area contributed by atoms with Gasteiger partial charge in [-0.25, -0.2) is 0 Å². The summed E-state index contributed by atoms with van der Waals surface area (Å²) in [5.74, 6) is 0. The minimum absolute atomic E-state index is 0. The van der Waals surface area contributed by atoms with E-state index >= 15 is 0 Å². The molecule has 0 spiro atoms. The van der Waals surface area contributed by atoms with Crippen molar-refractivity contribution in [2.75, 3.05) is 6.54 Å². The topological polar surface area (TPSA) is 35.2 Å². The molecule has 0 fully saturated rings. The highest BCUT2D eigenvalue weighted by molar-refractivity contribution is 5.85. The summed E-state index contributed by atoms with van der Waals surface area (Å²) in [5, 5.41) is 0. The fourth-order valence-corrected chi connectivity index (χ4v) is 0.231. The molecule has 0 aliphatic rings. The van der Waals surface area contributed by atoms with Crippen LogP contribution in [-0.2, 0) is 4.74 Å². The number of rotatable bonds is 3. The molecule has 0 radical (unpaired) electrons. The fourth-order valence-electron chi connectivity index (χ4n) is 0.231. The van der Waals surface area contributed by atoms with Gasteiger partial charge in [-0.15, -0.1) is 12.4 Å². The van der Waals surface area contributed by atoms with Crippen LogP contribution in [0.2, 0.25) is 0 Å². The highest BCUT2D eigenvalue weighted by atomic mass is 35.5. The van der Waals surface area contributed by atoms with Crippen LogP contribution in [0.1, 0.15) is 6.92 Å². The summed E-state index contributed by atoms with van der Waals surface area (Å²) in [7, 11) is 0. The molecule has 0 bridgehead atoms. The number of ether oxygens (including phenoxy) is 1. The Morgan fingerprint density at radius 2 is 2.00 bits per heavy atom. The van der Waals surface area contributed by atoms with Gasteiger partial charge in [-0.1, -0.05) is 0 Å². The molecule has 1 unspecified atom stereocenters. The molecule has 2 N–H and O–H groups in total. The molecule has 0 saturated carbocycles. The van der Waals surface area contributed by atoms with E-state index in [0.29, 0.717) is 0 Å². The van der Waals surface area contributed by atoms with Gasteiger partial charge in [0.1, 0.15) is 0 Å². The van der Waals surface area contributed by atoms with E-state index < -0.39 is 12.7 Å². The molecular weight excluding hydrogens is 151 g/mol. The molecule has 0 rings (SSSR count). The first-order valence-electron chi connectivity index (χ1n) is 2.30. The normalized spacial score (nSPS) is 13.0. The standard InChI is InChI=1S/C4H9F2NO.ClH/c1-3(2-7)8-4(5)6;/h3-4H,2,7H2,1H3;1H. The Bertz CT molecular complexity index is 64.5. The maximum Gasteiger partial charge on any atom is 0.345 e. The van der Waals surface area contributed by atoms with Gasteiger partial charge in [0.2, 0.25) is 0 Å². The summed E-state index contributed by atoms with van der Waals surface area (Å²) < 4.78 is 26.3. The van der Waals surface area contributed by atoms with E-state index in [9.17, 15) is 8.78 Å². The Hall–Kier alpha value is 0.0700. The van der Waals surface area contributed by atoms with Crippen molar-refractivity contribution in [2.24, 2.45) is 5.73 Å². The molecule has 0 heterocycles. The van der Waals surface area contributed by atoms with Gasteiger partial charge in [0.15, 0.2) is 0 Å². The third kappa shape index (κ3) is 8.07. The zero-order valence-electron chi connectivity index (χ0n) is 5.01. The van der Waals surface area contributed by atoms with Crippen LogP contribution in [0, 0.1) is 0 Å². The third-order valence-corrected chi connectivity index (χ3v) is 0.667. The number of nitrogens with two attached hydrogens (primary N) is 1. The van der Waals surface area contributed by atoms with Crippen molar-refractivity contribution in [2.45, 2.75) is 19.6 Å². The molecule has 0 aromatic carbocycles. The van der Waals surface area contributed by atoms with E-state index in [2.05, 4.69) is 4.74 Å². The molecule has 1 atom stereocenters. The van der Waals surface area contributed by atoms with Crippen LogP contribution in [0.5, 0.6) is 0 Å². The van der Waals surface area contributed by atoms with Crippen molar-refractivity contribution in [3.05, 3.63) is 0 Å². The maximum atomic E-state index is 11.2. The molecule has 2 nitrogen and oxygen atoms in total. The first-order chi connectivity index (χ1) is 3.66. The van der Waals surface area contributed by atoms with Crippen LogP contribution < -0.4 is 5.73 Å². The number of hydrogen-bond donors (Lipinski definition) is 1. The average molecular weight is 162 g/mol. The van der Waals surface area contributed by atoms with Crippen LogP contribution in [-0.4, -0.2) is 19.3 Å². The van der Waals surface area contributed by atoms with Crippen molar-refractivity contribution in [1.82, 2.24) is 0 Å². The van der Waals surface area contributed by atoms with E-state index in [1.54, 1.807) is 0 Å². The lowest BCUT2D eigenvalue weighted by Crippen LogP contribution is -2.22. The van der Waals surface area contributed by atoms with Gasteiger partial charge in [0.25, 0.3) is 0 Å². The molecular formula is C4H10ClF2NO. The summed E-state index contributed by atoms with van der Waals surface area (Å²) >= 11 is 0. The van der Waals surface area contributed by atoms with Gasteiger partial charge >= 0.3 is 6.61 Å². The largest absolute Gasteiger partial charge is 0.345 e. The molecule has 0 aliphatic carbocycles. The Labute approximate surface area is 58.8 Å². The Kier molecular flexibility index (Phi) is 8.13. The Balaban J connectivity index is 0. The summed E-state index contributed by atoms with van der Waals surface area (Å²) in [6.07, 6.45) is -0.546. The zero-order chi connectivity index (χ0) is 6.57. The SMILES string of the molecule is CC(CN)OC(F)F.Cl. The Morgan fingerprint density at radius 3 is 2.11 bits per heavy atom. The second kappa shape index (κ2) is 6.19. The minimum atomic E-state index is -2.70. The van der Waals surface area contributed by atoms with Crippen LogP contribution in [0.3, 0.4) is 0 Å². The third-order valence-electron chi connectivity index (χ3n) is 0.667. The van der Waals surface area contributed by atoms with Crippen molar-refractivity contribution in [3.8, 4) is 0 Å². The molecule has 9 heavy (non-hydrogen) atoms. The zero-order valence-corrected chi connectivity index (χ0v) is 5.83. The van der Waals surface area contributed by atoms with Crippen molar-refractivity contribution < 1.29 is 13.5 Å². The summed E-state index contributed by atoms with van der Waals surface area (Å²) in [6.45, 7) is -1.08. The molecule has 58 valence electrons. The van der Waals surface area contributed by atoms with E-state index in [4.69, 9.17) is 5.73 Å². The second-order valence-electron chi connectivity index (χ2n) is 1.44. The van der Waals surface area contributed by atoms with E-state index in [0.717, 1.165) is 0 Å². The quantitative estimate of drug-likeness (QED) is 0.670. The lowest BCUT2D eigenvalue weighted by molar-refractivity contribution is -0.154. The van der Waals surface area contributed by atoms with Crippen LogP contribution in [0.25, 0.3) is 0 Å². The molecule has 0 aromatic rings. The van der Waals surface area contributed by atoms with Gasteiger partial charge in [-0.3, -0.25) is 0 Å². The predicted octanol–water partition coefficient (Wildman–Crippen LogP) is 0.995. The average Bonchev–Trinajstić information content (AvgIpc) is 1.65. The molecule has 0 aromatic heterocycles. The summed E-state index contributed by atoms with van der Waals surface area (Å²) in [6, 6.07) is 0. The molecule has 0 amide bonds. The summed E-state index contributed by atoms with van der Waals surface area (Å²) in [5.41, 5.74) is 4.96. The highest BCUT2D eigenvalue weighted by Gasteiger charge is 2.06. The predicted molar refractivity (Wildman–Crippen MR) is 32.9 cm³/mol. The fraction of sp³-hybridized carbons (Fsp3) is 1.00. The lowest BCUT2D eigenvalue weighted by Gasteiger charge is -2.07. The molecule has 5 heteroatoms. The van der Waals surface area contributed by atoms with Crippen LogP contribution in [0.15, 0.2) is 0 Å². The number of alkyl halides is 2. The van der Waals surface area contributed by atoms with E-state index in [1.807, 2.05) is 0 Å². The maximum absolute atomic E-state index is 11.2. The van der Waals surface area contributed by atoms with E-state index in [-0.39, 0.29) is 19.0 Å². The number of halogens is 3. The number of hydrogen-bond acceptors (Lipinski definition) is 2. The summed E-state index contributed by atoms with van der Waals surface area (Å²) in [4.78, 5) is 0. The monoisotopic (exact) mass is 161 g/mol. The smallest absolute Gasteiger partial charge is 0.328 e. The first kappa shape index (κ1) is 11.8. The van der Waals surface area contributed by atoms with Gasteiger partial charge in [-0.05, 0) is 6.92 Å². The molecule has 0 saturated heterocycles. The second-order valence-corrected chi connectivity index (χ2v) is 1.44. The Morgan fingerprint density at radius 1 is 1.56 bits per heavy atom. The minimum Gasteiger partial charge on any atom is -0.328 e. The lowest BCUT2D eigenvalue weighted by atomic mass is 10.4. The van der Waals surface area contributed by atoms with Gasteiger partial charge < -0.3 is 10.5 Å². The first-order valence-corrected chi connectivity index (χ1v) is 2.30. The highest BCUT2D eigenvalue weighted by Crippen LogP contribution is 1.98. The van der Waals surface area contributed by atoms with Gasteiger partial charge in [-0.2, -0.15) is 8.78 Å². The van der Waals surface area contributed by atoms with Crippen molar-refractivity contribution >= 4 is 12.4 Å². The van der Waals surface area contributed by atoms with Crippen molar-refractivity contribution in [1.29, 1.82) is 0 Å². The van der Waals surface area contributed by atoms with Gasteiger partial charge in [0, 0.05) is 6.54 Å². The molecule has 0 aliphatic heterocycles. The van der Waals surface area contributed by atoms with E-state index in [1.165, 1.54) is 6.92 Å². The van der Waals surface area contributed by atoms with Gasteiger partial charge in [0.05, 0.1) is 6.10 Å². The van der Waals surface area contributed by atoms with Crippen molar-refractivity contribution in [3.63, 3.8) is 0 Å².